The number of fused-ring (bicyclic) bond motifs is 1. The number of carbonyl (C=O) groups is 2. The van der Waals surface area contributed by atoms with Crippen molar-refractivity contribution in [1.29, 1.82) is 0 Å². The van der Waals surface area contributed by atoms with Gasteiger partial charge in [-0.05, 0) is 47.5 Å². The van der Waals surface area contributed by atoms with Crippen LogP contribution in [0.5, 0.6) is 0 Å². The molecule has 190 valence electrons. The van der Waals surface area contributed by atoms with Gasteiger partial charge in [0.05, 0.1) is 30.7 Å². The lowest BCUT2D eigenvalue weighted by Crippen LogP contribution is -2.24. The highest BCUT2D eigenvalue weighted by Crippen LogP contribution is 2.20. The van der Waals surface area contributed by atoms with Crippen LogP contribution in [-0.2, 0) is 24.3 Å². The Morgan fingerprint density at radius 1 is 0.947 bits per heavy atom. The number of pyridine rings is 2. The first-order valence-corrected chi connectivity index (χ1v) is 12.2. The summed E-state index contributed by atoms with van der Waals surface area (Å²) in [5.41, 5.74) is 3.34. The molecule has 0 aliphatic carbocycles. The zero-order valence-corrected chi connectivity index (χ0v) is 20.9. The summed E-state index contributed by atoms with van der Waals surface area (Å²) in [6, 6.07) is 22.7. The smallest absolute Gasteiger partial charge is 0.270 e. The third-order valence-electron chi connectivity index (χ3n) is 5.91. The van der Waals surface area contributed by atoms with Gasteiger partial charge in [-0.15, -0.1) is 0 Å². The summed E-state index contributed by atoms with van der Waals surface area (Å²) >= 11 is 6.07. The number of rotatable bonds is 8. The highest BCUT2D eigenvalue weighted by atomic mass is 35.5. The second-order valence-corrected chi connectivity index (χ2v) is 9.10. The number of aromatic amines is 1. The summed E-state index contributed by atoms with van der Waals surface area (Å²) in [6.07, 6.45) is 1.87. The minimum Gasteiger partial charge on any atom is -0.345 e. The predicted molar refractivity (Wildman–Crippen MR) is 145 cm³/mol. The summed E-state index contributed by atoms with van der Waals surface area (Å²) in [7, 11) is 0. The van der Waals surface area contributed by atoms with Gasteiger partial charge >= 0.3 is 0 Å². The molecule has 0 atom stereocenters. The number of hydrogen-bond acceptors (Lipinski definition) is 5. The topological polar surface area (TPSA) is 122 Å². The van der Waals surface area contributed by atoms with Crippen molar-refractivity contribution in [3.8, 4) is 0 Å². The zero-order chi connectivity index (χ0) is 26.5. The highest BCUT2D eigenvalue weighted by molar-refractivity contribution is 6.31. The predicted octanol–water partition coefficient (Wildman–Crippen LogP) is 3.93. The largest absolute Gasteiger partial charge is 0.345 e. The van der Waals surface area contributed by atoms with Crippen molar-refractivity contribution in [3.05, 3.63) is 123 Å². The summed E-state index contributed by atoms with van der Waals surface area (Å²) in [6.45, 7) is 0.640. The molecular weight excluding hydrogens is 504 g/mol. The lowest BCUT2D eigenvalue weighted by atomic mass is 10.1. The first kappa shape index (κ1) is 24.9. The van der Waals surface area contributed by atoms with E-state index in [0.29, 0.717) is 17.3 Å². The number of halogens is 1. The van der Waals surface area contributed by atoms with E-state index in [1.807, 2.05) is 36.4 Å². The number of anilines is 1. The Labute approximate surface area is 222 Å². The Bertz CT molecular complexity index is 1680. The van der Waals surface area contributed by atoms with Crippen molar-refractivity contribution in [2.45, 2.75) is 19.5 Å². The quantitative estimate of drug-likeness (QED) is 0.283. The third kappa shape index (κ3) is 5.96. The standard InChI is InChI=1S/C28H23ClN6O3/c29-20-11-12-22-21(15-20)24(34-33-22)16-30-28(38)23-4-3-5-25(31-23)32-26(36)14-18-7-9-19(10-8-18)17-35-13-2-1-6-27(35)37/h1-13,15H,14,16-17H2,(H,30,38)(H,33,34)(H,31,32,36). The Morgan fingerprint density at radius 3 is 2.58 bits per heavy atom. The summed E-state index contributed by atoms with van der Waals surface area (Å²) in [5, 5.41) is 14.1. The summed E-state index contributed by atoms with van der Waals surface area (Å²) < 4.78 is 1.61. The minimum atomic E-state index is -0.396. The van der Waals surface area contributed by atoms with Gasteiger partial charge in [-0.1, -0.05) is 48.0 Å². The monoisotopic (exact) mass is 526 g/mol. The molecule has 38 heavy (non-hydrogen) atoms. The van der Waals surface area contributed by atoms with Gasteiger partial charge in [-0.2, -0.15) is 5.10 Å². The second kappa shape index (κ2) is 11.1. The van der Waals surface area contributed by atoms with Crippen molar-refractivity contribution in [2.24, 2.45) is 0 Å². The van der Waals surface area contributed by atoms with Crippen LogP contribution in [0.2, 0.25) is 5.02 Å². The van der Waals surface area contributed by atoms with Crippen LogP contribution in [0.4, 0.5) is 5.82 Å². The maximum Gasteiger partial charge on any atom is 0.270 e. The Kier molecular flexibility index (Phi) is 7.28. The molecule has 0 spiro atoms. The molecule has 9 nitrogen and oxygen atoms in total. The lowest BCUT2D eigenvalue weighted by Gasteiger charge is -2.08. The third-order valence-corrected chi connectivity index (χ3v) is 6.14. The van der Waals surface area contributed by atoms with E-state index in [2.05, 4.69) is 25.8 Å². The van der Waals surface area contributed by atoms with Gasteiger partial charge in [-0.3, -0.25) is 19.5 Å². The molecule has 5 rings (SSSR count). The Morgan fingerprint density at radius 2 is 1.76 bits per heavy atom. The van der Waals surface area contributed by atoms with Crippen molar-refractivity contribution >= 4 is 40.1 Å². The van der Waals surface area contributed by atoms with Gasteiger partial charge in [0, 0.05) is 22.7 Å². The number of nitrogens with zero attached hydrogens (tertiary/aromatic N) is 3. The molecule has 2 aromatic carbocycles. The molecule has 3 heterocycles. The van der Waals surface area contributed by atoms with Gasteiger partial charge in [0.15, 0.2) is 0 Å². The first-order chi connectivity index (χ1) is 18.4. The molecule has 10 heteroatoms. The van der Waals surface area contributed by atoms with Crippen LogP contribution in [-0.4, -0.2) is 31.6 Å². The highest BCUT2D eigenvalue weighted by Gasteiger charge is 2.12. The molecule has 0 fully saturated rings. The lowest BCUT2D eigenvalue weighted by molar-refractivity contribution is -0.115. The van der Waals surface area contributed by atoms with E-state index in [0.717, 1.165) is 22.0 Å². The number of H-pyrrole nitrogens is 1. The van der Waals surface area contributed by atoms with Gasteiger partial charge in [0.25, 0.3) is 11.5 Å². The fourth-order valence-corrected chi connectivity index (χ4v) is 4.16. The van der Waals surface area contributed by atoms with E-state index in [-0.39, 0.29) is 35.9 Å². The molecule has 2 amide bonds. The minimum absolute atomic E-state index is 0.0705. The fraction of sp³-hybridized carbons (Fsp3) is 0.107. The fourth-order valence-electron chi connectivity index (χ4n) is 3.98. The number of hydrogen-bond donors (Lipinski definition) is 3. The van der Waals surface area contributed by atoms with Crippen molar-refractivity contribution < 1.29 is 9.59 Å². The molecule has 5 aromatic rings. The molecule has 0 unspecified atom stereocenters. The summed E-state index contributed by atoms with van der Waals surface area (Å²) in [5.74, 6) is -0.380. The van der Waals surface area contributed by atoms with Crippen LogP contribution in [0, 0.1) is 0 Å². The van der Waals surface area contributed by atoms with Crippen LogP contribution in [0.1, 0.15) is 27.3 Å². The molecular formula is C28H23ClN6O3. The van der Waals surface area contributed by atoms with Crippen LogP contribution in [0.25, 0.3) is 10.9 Å². The molecule has 0 bridgehead atoms. The van der Waals surface area contributed by atoms with Gasteiger partial charge < -0.3 is 15.2 Å². The van der Waals surface area contributed by atoms with E-state index in [9.17, 15) is 14.4 Å². The van der Waals surface area contributed by atoms with E-state index in [1.165, 1.54) is 6.07 Å². The zero-order valence-electron chi connectivity index (χ0n) is 20.1. The Balaban J connectivity index is 1.17. The van der Waals surface area contributed by atoms with Crippen molar-refractivity contribution in [2.75, 3.05) is 5.32 Å². The van der Waals surface area contributed by atoms with Gasteiger partial charge in [0.2, 0.25) is 5.91 Å². The summed E-state index contributed by atoms with van der Waals surface area (Å²) in [4.78, 5) is 41.5. The number of amides is 2. The van der Waals surface area contributed by atoms with Crippen LogP contribution < -0.4 is 16.2 Å². The maximum absolute atomic E-state index is 12.7. The molecule has 0 radical (unpaired) electrons. The Hall–Kier alpha value is -4.76. The van der Waals surface area contributed by atoms with E-state index >= 15 is 0 Å². The van der Waals surface area contributed by atoms with Crippen LogP contribution >= 0.6 is 11.6 Å². The molecule has 3 N–H and O–H groups in total. The average molecular weight is 527 g/mol. The molecule has 0 saturated heterocycles. The van der Waals surface area contributed by atoms with E-state index < -0.39 is 5.91 Å². The number of aromatic nitrogens is 4. The first-order valence-electron chi connectivity index (χ1n) is 11.9. The molecule has 0 aliphatic rings. The van der Waals surface area contributed by atoms with E-state index in [4.69, 9.17) is 11.6 Å². The van der Waals surface area contributed by atoms with Crippen LogP contribution in [0.15, 0.2) is 89.9 Å². The number of benzene rings is 2. The normalized spacial score (nSPS) is 10.9. The SMILES string of the molecule is O=C(Cc1ccc(Cn2ccccc2=O)cc1)Nc1cccc(C(=O)NCc2n[nH]c3ccc(Cl)cc23)n1. The van der Waals surface area contributed by atoms with Crippen molar-refractivity contribution in [1.82, 2.24) is 25.1 Å². The maximum atomic E-state index is 12.7. The number of nitrogens with one attached hydrogen (secondary N) is 3. The van der Waals surface area contributed by atoms with Gasteiger partial charge in [0.1, 0.15) is 11.5 Å². The van der Waals surface area contributed by atoms with E-state index in [1.54, 1.807) is 47.2 Å². The molecule has 3 aromatic heterocycles. The van der Waals surface area contributed by atoms with Crippen molar-refractivity contribution in [3.63, 3.8) is 0 Å². The number of carbonyl (C=O) groups excluding carboxylic acids is 2. The molecule has 0 aliphatic heterocycles. The van der Waals surface area contributed by atoms with Gasteiger partial charge in [-0.25, -0.2) is 4.98 Å². The average Bonchev–Trinajstić information content (AvgIpc) is 3.31. The van der Waals surface area contributed by atoms with Crippen LogP contribution in [0.3, 0.4) is 0 Å². The second-order valence-electron chi connectivity index (χ2n) is 8.66. The molecule has 0 saturated carbocycles.